The van der Waals surface area contributed by atoms with Crippen LogP contribution in [0.25, 0.3) is 5.69 Å². The number of ether oxygens (including phenoxy) is 2. The average molecular weight is 350 g/mol. The number of aromatic nitrogens is 3. The molecule has 2 atom stereocenters. The van der Waals surface area contributed by atoms with Gasteiger partial charge in [0.25, 0.3) is 5.82 Å². The van der Waals surface area contributed by atoms with Gasteiger partial charge < -0.3 is 9.47 Å². The van der Waals surface area contributed by atoms with E-state index in [9.17, 15) is 4.79 Å². The Morgan fingerprint density at radius 2 is 1.96 bits per heavy atom. The Hall–Kier alpha value is -1.92. The molecule has 0 amide bonds. The Bertz CT molecular complexity index is 732. The zero-order valence-electron chi connectivity index (χ0n) is 13.7. The van der Waals surface area contributed by atoms with Crippen LogP contribution in [0.15, 0.2) is 24.3 Å². The van der Waals surface area contributed by atoms with E-state index in [-0.39, 0.29) is 18.0 Å². The second-order valence-electron chi connectivity index (χ2n) is 5.85. The van der Waals surface area contributed by atoms with E-state index in [1.54, 1.807) is 24.8 Å². The first kappa shape index (κ1) is 16.9. The van der Waals surface area contributed by atoms with E-state index in [1.165, 1.54) is 0 Å². The third-order valence-corrected chi connectivity index (χ3v) is 4.55. The number of benzene rings is 1. The minimum absolute atomic E-state index is 0.0350. The molecule has 128 valence electrons. The smallest absolute Gasteiger partial charge is 0.378 e. The summed E-state index contributed by atoms with van der Waals surface area (Å²) in [5.74, 6) is 0.0766. The van der Waals surface area contributed by atoms with Crippen LogP contribution in [0.5, 0.6) is 0 Å². The number of esters is 1. The van der Waals surface area contributed by atoms with Gasteiger partial charge in [-0.25, -0.2) is 14.5 Å². The second-order valence-corrected chi connectivity index (χ2v) is 6.26. The zero-order chi connectivity index (χ0) is 17.1. The van der Waals surface area contributed by atoms with Crippen molar-refractivity contribution in [3.05, 3.63) is 40.9 Å². The Kier molecular flexibility index (Phi) is 5.16. The minimum atomic E-state index is -0.530. The first-order chi connectivity index (χ1) is 11.6. The lowest BCUT2D eigenvalue weighted by atomic mass is 9.94. The highest BCUT2D eigenvalue weighted by molar-refractivity contribution is 6.32. The van der Waals surface area contributed by atoms with E-state index in [2.05, 4.69) is 10.1 Å². The van der Waals surface area contributed by atoms with Crippen molar-refractivity contribution in [1.82, 2.24) is 14.8 Å². The highest BCUT2D eigenvalue weighted by atomic mass is 35.5. The topological polar surface area (TPSA) is 66.2 Å². The molecule has 0 aliphatic heterocycles. The summed E-state index contributed by atoms with van der Waals surface area (Å²) in [5, 5.41) is 4.80. The largest absolute Gasteiger partial charge is 0.454 e. The fourth-order valence-corrected chi connectivity index (χ4v) is 3.20. The van der Waals surface area contributed by atoms with Crippen LogP contribution in [-0.4, -0.2) is 40.1 Å². The lowest BCUT2D eigenvalue weighted by Gasteiger charge is -2.29. The Morgan fingerprint density at radius 1 is 1.25 bits per heavy atom. The summed E-state index contributed by atoms with van der Waals surface area (Å²) in [5.41, 5.74) is 0.677. The van der Waals surface area contributed by atoms with Crippen molar-refractivity contribution in [1.29, 1.82) is 0 Å². The molecule has 1 heterocycles. The minimum Gasteiger partial charge on any atom is -0.454 e. The van der Waals surface area contributed by atoms with Gasteiger partial charge in [0, 0.05) is 7.11 Å². The average Bonchev–Trinajstić information content (AvgIpc) is 2.97. The number of carbonyl (C=O) groups excluding carboxylic acids is 1. The van der Waals surface area contributed by atoms with Gasteiger partial charge in [-0.05, 0) is 38.3 Å². The normalized spacial score (nSPS) is 20.8. The lowest BCUT2D eigenvalue weighted by molar-refractivity contribution is -0.0545. The highest BCUT2D eigenvalue weighted by Crippen LogP contribution is 2.24. The number of hydrogen-bond acceptors (Lipinski definition) is 5. The SMILES string of the molecule is CO[C@H]1CCCC[C@@H]1OC(=O)c1nc(C)n(-c2ccccc2Cl)n1. The van der Waals surface area contributed by atoms with E-state index >= 15 is 0 Å². The second kappa shape index (κ2) is 7.32. The molecule has 1 fully saturated rings. The molecular weight excluding hydrogens is 330 g/mol. The van der Waals surface area contributed by atoms with Gasteiger partial charge >= 0.3 is 5.97 Å². The van der Waals surface area contributed by atoms with E-state index in [0.717, 1.165) is 25.7 Å². The van der Waals surface area contributed by atoms with E-state index in [0.29, 0.717) is 16.5 Å². The summed E-state index contributed by atoms with van der Waals surface area (Å²) in [6, 6.07) is 7.27. The molecular formula is C17H20ClN3O3. The number of rotatable bonds is 4. The van der Waals surface area contributed by atoms with Gasteiger partial charge in [-0.2, -0.15) is 0 Å². The summed E-state index contributed by atoms with van der Waals surface area (Å²) in [7, 11) is 1.64. The van der Waals surface area contributed by atoms with Crippen LogP contribution in [0.1, 0.15) is 42.1 Å². The van der Waals surface area contributed by atoms with Gasteiger partial charge in [-0.1, -0.05) is 30.2 Å². The summed E-state index contributed by atoms with van der Waals surface area (Å²) in [6.07, 6.45) is 3.51. The molecule has 0 radical (unpaired) electrons. The van der Waals surface area contributed by atoms with Crippen molar-refractivity contribution in [2.45, 2.75) is 44.8 Å². The third-order valence-electron chi connectivity index (χ3n) is 4.24. The van der Waals surface area contributed by atoms with E-state index in [1.807, 2.05) is 18.2 Å². The molecule has 1 aromatic heterocycles. The highest BCUT2D eigenvalue weighted by Gasteiger charge is 2.30. The van der Waals surface area contributed by atoms with Gasteiger partial charge in [-0.15, -0.1) is 5.10 Å². The van der Waals surface area contributed by atoms with Crippen LogP contribution >= 0.6 is 11.6 Å². The van der Waals surface area contributed by atoms with Gasteiger partial charge in [0.1, 0.15) is 11.9 Å². The van der Waals surface area contributed by atoms with Crippen molar-refractivity contribution in [2.24, 2.45) is 0 Å². The molecule has 0 N–H and O–H groups in total. The first-order valence-corrected chi connectivity index (χ1v) is 8.40. The first-order valence-electron chi connectivity index (χ1n) is 8.02. The molecule has 1 aliphatic rings. The van der Waals surface area contributed by atoms with Crippen LogP contribution in [0.2, 0.25) is 5.02 Å². The van der Waals surface area contributed by atoms with E-state index in [4.69, 9.17) is 21.1 Å². The number of methoxy groups -OCH3 is 1. The van der Waals surface area contributed by atoms with Crippen molar-refractivity contribution in [2.75, 3.05) is 7.11 Å². The Morgan fingerprint density at radius 3 is 2.67 bits per heavy atom. The Labute approximate surface area is 145 Å². The summed E-state index contributed by atoms with van der Waals surface area (Å²) in [6.45, 7) is 1.77. The van der Waals surface area contributed by atoms with Crippen LogP contribution in [0.3, 0.4) is 0 Å². The molecule has 0 bridgehead atoms. The van der Waals surface area contributed by atoms with Gasteiger partial charge in [0.05, 0.1) is 16.8 Å². The van der Waals surface area contributed by atoms with Crippen LogP contribution in [0, 0.1) is 6.92 Å². The molecule has 7 heteroatoms. The predicted octanol–water partition coefficient (Wildman–Crippen LogP) is 3.34. The molecule has 1 saturated carbocycles. The van der Waals surface area contributed by atoms with Gasteiger partial charge in [-0.3, -0.25) is 0 Å². The number of aryl methyl sites for hydroxylation is 1. The van der Waals surface area contributed by atoms with E-state index < -0.39 is 5.97 Å². The lowest BCUT2D eigenvalue weighted by Crippen LogP contribution is -2.35. The molecule has 6 nitrogen and oxygen atoms in total. The predicted molar refractivity (Wildman–Crippen MR) is 89.6 cm³/mol. The molecule has 1 aromatic carbocycles. The molecule has 2 aromatic rings. The standard InChI is InChI=1S/C17H20ClN3O3/c1-11-19-16(20-21(11)13-8-4-3-7-12(13)18)17(22)24-15-10-6-5-9-14(15)23-2/h3-4,7-8,14-15H,5-6,9-10H2,1-2H3/t14-,15-/m0/s1. The van der Waals surface area contributed by atoms with Crippen LogP contribution in [0.4, 0.5) is 0 Å². The Balaban J connectivity index is 1.79. The monoisotopic (exact) mass is 349 g/mol. The number of hydrogen-bond donors (Lipinski definition) is 0. The van der Waals surface area contributed by atoms with Crippen molar-refractivity contribution in [3.63, 3.8) is 0 Å². The molecule has 0 saturated heterocycles. The summed E-state index contributed by atoms with van der Waals surface area (Å²) in [4.78, 5) is 16.6. The molecule has 0 spiro atoms. The number of halogens is 1. The van der Waals surface area contributed by atoms with Crippen LogP contribution < -0.4 is 0 Å². The maximum absolute atomic E-state index is 12.4. The maximum atomic E-state index is 12.4. The number of para-hydroxylation sites is 1. The summed E-state index contributed by atoms with van der Waals surface area (Å²) >= 11 is 6.19. The summed E-state index contributed by atoms with van der Waals surface area (Å²) < 4.78 is 12.5. The maximum Gasteiger partial charge on any atom is 0.378 e. The van der Waals surface area contributed by atoms with Gasteiger partial charge in [0.2, 0.25) is 0 Å². The third kappa shape index (κ3) is 3.44. The van der Waals surface area contributed by atoms with Crippen molar-refractivity contribution < 1.29 is 14.3 Å². The van der Waals surface area contributed by atoms with Crippen molar-refractivity contribution in [3.8, 4) is 5.69 Å². The molecule has 24 heavy (non-hydrogen) atoms. The molecule has 0 unspecified atom stereocenters. The quantitative estimate of drug-likeness (QED) is 0.792. The number of carbonyl (C=O) groups is 1. The fraction of sp³-hybridized carbons (Fsp3) is 0.471. The van der Waals surface area contributed by atoms with Crippen LogP contribution in [-0.2, 0) is 9.47 Å². The van der Waals surface area contributed by atoms with Crippen molar-refractivity contribution >= 4 is 17.6 Å². The molecule has 1 aliphatic carbocycles. The number of nitrogens with zero attached hydrogens (tertiary/aromatic N) is 3. The zero-order valence-corrected chi connectivity index (χ0v) is 14.5. The molecule has 3 rings (SSSR count). The fourth-order valence-electron chi connectivity index (χ4n) is 2.99. The van der Waals surface area contributed by atoms with Gasteiger partial charge in [0.15, 0.2) is 0 Å².